The summed E-state index contributed by atoms with van der Waals surface area (Å²) in [7, 11) is 0. The monoisotopic (exact) mass is 327 g/mol. The number of nitrogens with one attached hydrogen (secondary N) is 2. The van der Waals surface area contributed by atoms with Crippen LogP contribution in [-0.4, -0.2) is 45.0 Å². The summed E-state index contributed by atoms with van der Waals surface area (Å²) in [6, 6.07) is 7.16. The standard InChI is InChI=1S/C17H21N5O2/c1-12-18-15(21-20-12)13-7-6-8-14(11-13)19-16(23)17(24)22-9-4-2-3-5-10-22/h6-8,11H,2-5,9-10H2,1H3,(H,19,23)(H,18,20,21). The lowest BCUT2D eigenvalue weighted by Crippen LogP contribution is -2.40. The third-order valence-corrected chi connectivity index (χ3v) is 4.06. The van der Waals surface area contributed by atoms with E-state index in [4.69, 9.17) is 0 Å². The number of likely N-dealkylation sites (tertiary alicyclic amines) is 1. The van der Waals surface area contributed by atoms with Crippen molar-refractivity contribution in [2.24, 2.45) is 0 Å². The number of aromatic amines is 1. The number of hydrogen-bond donors (Lipinski definition) is 2. The zero-order valence-electron chi connectivity index (χ0n) is 13.7. The Kier molecular flexibility index (Phi) is 4.88. The van der Waals surface area contributed by atoms with Crippen molar-refractivity contribution in [3.05, 3.63) is 30.1 Å². The lowest BCUT2D eigenvalue weighted by molar-refractivity contribution is -0.143. The van der Waals surface area contributed by atoms with Gasteiger partial charge in [0, 0.05) is 24.3 Å². The molecule has 2 heterocycles. The van der Waals surface area contributed by atoms with Gasteiger partial charge >= 0.3 is 11.8 Å². The lowest BCUT2D eigenvalue weighted by atomic mass is 10.2. The Morgan fingerprint density at radius 3 is 2.58 bits per heavy atom. The summed E-state index contributed by atoms with van der Waals surface area (Å²) in [6.45, 7) is 3.13. The largest absolute Gasteiger partial charge is 0.334 e. The van der Waals surface area contributed by atoms with Crippen LogP contribution < -0.4 is 5.32 Å². The van der Waals surface area contributed by atoms with E-state index >= 15 is 0 Å². The normalized spacial score (nSPS) is 15.0. The molecular formula is C17H21N5O2. The minimum absolute atomic E-state index is 0.462. The Bertz CT molecular complexity index is 732. The number of carbonyl (C=O) groups is 2. The van der Waals surface area contributed by atoms with Crippen LogP contribution in [0.4, 0.5) is 5.69 Å². The summed E-state index contributed by atoms with van der Waals surface area (Å²) in [5.41, 5.74) is 1.34. The van der Waals surface area contributed by atoms with Crippen molar-refractivity contribution >= 4 is 17.5 Å². The van der Waals surface area contributed by atoms with Crippen molar-refractivity contribution in [2.75, 3.05) is 18.4 Å². The smallest absolute Gasteiger partial charge is 0.313 e. The predicted octanol–water partition coefficient (Wildman–Crippen LogP) is 2.12. The van der Waals surface area contributed by atoms with E-state index in [2.05, 4.69) is 20.5 Å². The summed E-state index contributed by atoms with van der Waals surface area (Å²) >= 11 is 0. The van der Waals surface area contributed by atoms with Gasteiger partial charge in [-0.25, -0.2) is 4.98 Å². The maximum Gasteiger partial charge on any atom is 0.313 e. The number of hydrogen-bond acceptors (Lipinski definition) is 4. The molecule has 24 heavy (non-hydrogen) atoms. The highest BCUT2D eigenvalue weighted by Crippen LogP contribution is 2.19. The molecule has 2 amide bonds. The molecule has 0 bridgehead atoms. The Morgan fingerprint density at radius 2 is 1.92 bits per heavy atom. The molecule has 0 atom stereocenters. The highest BCUT2D eigenvalue weighted by Gasteiger charge is 2.22. The average Bonchev–Trinajstić information content (AvgIpc) is 2.85. The molecule has 0 spiro atoms. The first-order valence-electron chi connectivity index (χ1n) is 8.23. The topological polar surface area (TPSA) is 91.0 Å². The van der Waals surface area contributed by atoms with E-state index < -0.39 is 11.8 Å². The zero-order valence-corrected chi connectivity index (χ0v) is 13.7. The van der Waals surface area contributed by atoms with Gasteiger partial charge in [0.15, 0.2) is 5.82 Å². The van der Waals surface area contributed by atoms with Crippen molar-refractivity contribution in [1.29, 1.82) is 0 Å². The SMILES string of the molecule is Cc1nc(-c2cccc(NC(=O)C(=O)N3CCCCCC3)c2)n[nH]1. The second kappa shape index (κ2) is 7.25. The van der Waals surface area contributed by atoms with Gasteiger partial charge in [0.1, 0.15) is 5.82 Å². The van der Waals surface area contributed by atoms with Crippen LogP contribution in [0.5, 0.6) is 0 Å². The maximum absolute atomic E-state index is 12.3. The molecule has 1 aromatic heterocycles. The van der Waals surface area contributed by atoms with E-state index in [1.54, 1.807) is 23.1 Å². The summed E-state index contributed by atoms with van der Waals surface area (Å²) in [5, 5.41) is 9.57. The number of H-pyrrole nitrogens is 1. The molecule has 2 N–H and O–H groups in total. The molecule has 7 heteroatoms. The second-order valence-corrected chi connectivity index (χ2v) is 5.99. The molecule has 1 saturated heterocycles. The van der Waals surface area contributed by atoms with E-state index in [1.807, 2.05) is 13.0 Å². The van der Waals surface area contributed by atoms with Crippen molar-refractivity contribution < 1.29 is 9.59 Å². The van der Waals surface area contributed by atoms with E-state index in [9.17, 15) is 9.59 Å². The fourth-order valence-electron chi connectivity index (χ4n) is 2.81. The molecule has 0 saturated carbocycles. The highest BCUT2D eigenvalue weighted by atomic mass is 16.2. The van der Waals surface area contributed by atoms with Gasteiger partial charge < -0.3 is 10.2 Å². The summed E-state index contributed by atoms with van der Waals surface area (Å²) in [4.78, 5) is 30.4. The van der Waals surface area contributed by atoms with Gasteiger partial charge in [-0.3, -0.25) is 14.7 Å². The summed E-state index contributed by atoms with van der Waals surface area (Å²) in [6.07, 6.45) is 4.14. The molecule has 126 valence electrons. The Morgan fingerprint density at radius 1 is 1.17 bits per heavy atom. The van der Waals surface area contributed by atoms with Crippen molar-refractivity contribution in [2.45, 2.75) is 32.6 Å². The van der Waals surface area contributed by atoms with Gasteiger partial charge in [-0.15, -0.1) is 0 Å². The van der Waals surface area contributed by atoms with Gasteiger partial charge in [-0.1, -0.05) is 25.0 Å². The molecule has 0 unspecified atom stereocenters. The average molecular weight is 327 g/mol. The number of anilines is 1. The van der Waals surface area contributed by atoms with E-state index in [-0.39, 0.29) is 0 Å². The first kappa shape index (κ1) is 16.2. The van der Waals surface area contributed by atoms with Gasteiger partial charge in [0.05, 0.1) is 0 Å². The van der Waals surface area contributed by atoms with Gasteiger partial charge in [0.25, 0.3) is 0 Å². The van der Waals surface area contributed by atoms with Crippen LogP contribution in [0.1, 0.15) is 31.5 Å². The third kappa shape index (κ3) is 3.79. The Balaban J connectivity index is 1.69. The van der Waals surface area contributed by atoms with E-state index in [1.165, 1.54) is 0 Å². The van der Waals surface area contributed by atoms with Crippen LogP contribution in [0.25, 0.3) is 11.4 Å². The van der Waals surface area contributed by atoms with Gasteiger partial charge in [-0.2, -0.15) is 5.10 Å². The molecule has 1 aliphatic heterocycles. The maximum atomic E-state index is 12.3. The Labute approximate surface area is 140 Å². The number of aryl methyl sites for hydroxylation is 1. The number of nitrogens with zero attached hydrogens (tertiary/aromatic N) is 3. The number of benzene rings is 1. The third-order valence-electron chi connectivity index (χ3n) is 4.06. The van der Waals surface area contributed by atoms with E-state index in [0.29, 0.717) is 24.6 Å². The lowest BCUT2D eigenvalue weighted by Gasteiger charge is -2.19. The first-order chi connectivity index (χ1) is 11.6. The fraction of sp³-hybridized carbons (Fsp3) is 0.412. The van der Waals surface area contributed by atoms with E-state index in [0.717, 1.165) is 37.1 Å². The van der Waals surface area contributed by atoms with Crippen LogP contribution in [0, 0.1) is 6.92 Å². The quantitative estimate of drug-likeness (QED) is 0.827. The molecule has 3 rings (SSSR count). The predicted molar refractivity (Wildman–Crippen MR) is 90.2 cm³/mol. The van der Waals surface area contributed by atoms with Crippen molar-refractivity contribution in [3.8, 4) is 11.4 Å². The molecule has 7 nitrogen and oxygen atoms in total. The molecule has 1 aliphatic rings. The molecule has 0 aliphatic carbocycles. The molecule has 1 aromatic carbocycles. The molecular weight excluding hydrogens is 306 g/mol. The van der Waals surface area contributed by atoms with Gasteiger partial charge in [-0.05, 0) is 31.9 Å². The van der Waals surface area contributed by atoms with Gasteiger partial charge in [0.2, 0.25) is 0 Å². The van der Waals surface area contributed by atoms with Crippen LogP contribution in [0.2, 0.25) is 0 Å². The highest BCUT2D eigenvalue weighted by molar-refractivity contribution is 6.39. The first-order valence-corrected chi connectivity index (χ1v) is 8.23. The van der Waals surface area contributed by atoms with Crippen LogP contribution in [-0.2, 0) is 9.59 Å². The summed E-state index contributed by atoms with van der Waals surface area (Å²) < 4.78 is 0. The van der Waals surface area contributed by atoms with Crippen LogP contribution in [0.3, 0.4) is 0 Å². The minimum atomic E-state index is -0.597. The Hall–Kier alpha value is -2.70. The number of rotatable bonds is 2. The number of carbonyl (C=O) groups excluding carboxylic acids is 2. The minimum Gasteiger partial charge on any atom is -0.334 e. The fourth-order valence-corrected chi connectivity index (χ4v) is 2.81. The van der Waals surface area contributed by atoms with Crippen LogP contribution in [0.15, 0.2) is 24.3 Å². The van der Waals surface area contributed by atoms with Crippen molar-refractivity contribution in [1.82, 2.24) is 20.1 Å². The number of amides is 2. The van der Waals surface area contributed by atoms with Crippen molar-refractivity contribution in [3.63, 3.8) is 0 Å². The molecule has 0 radical (unpaired) electrons. The number of aromatic nitrogens is 3. The summed E-state index contributed by atoms with van der Waals surface area (Å²) in [5.74, 6) is 0.217. The second-order valence-electron chi connectivity index (χ2n) is 5.99. The molecule has 2 aromatic rings. The van der Waals surface area contributed by atoms with Crippen LogP contribution >= 0.6 is 0 Å². The molecule has 1 fully saturated rings. The zero-order chi connectivity index (χ0) is 16.9.